The molecule has 1 aliphatic carbocycles. The molecule has 1 amide bonds. The molecule has 0 unspecified atom stereocenters. The van der Waals surface area contributed by atoms with E-state index in [9.17, 15) is 9.59 Å². The summed E-state index contributed by atoms with van der Waals surface area (Å²) in [7, 11) is 1.26. The van der Waals surface area contributed by atoms with Gasteiger partial charge in [-0.3, -0.25) is 4.79 Å². The second-order valence-electron chi connectivity index (χ2n) is 7.30. The fraction of sp³-hybridized carbons (Fsp3) is 0.579. The van der Waals surface area contributed by atoms with Crippen molar-refractivity contribution in [3.63, 3.8) is 0 Å². The fourth-order valence-electron chi connectivity index (χ4n) is 4.35. The van der Waals surface area contributed by atoms with Crippen LogP contribution in [-0.4, -0.2) is 41.5 Å². The number of hydrogen-bond acceptors (Lipinski definition) is 7. The molecular weight excluding hydrogens is 348 g/mol. The predicted octanol–water partition coefficient (Wildman–Crippen LogP) is 2.51. The molecule has 27 heavy (non-hydrogen) atoms. The van der Waals surface area contributed by atoms with E-state index in [1.54, 1.807) is 12.1 Å². The maximum atomic E-state index is 12.8. The third kappa shape index (κ3) is 3.66. The number of nitrogens with zero attached hydrogens (tertiary/aromatic N) is 2. The van der Waals surface area contributed by atoms with Crippen molar-refractivity contribution in [2.24, 2.45) is 11.8 Å². The van der Waals surface area contributed by atoms with Gasteiger partial charge in [-0.15, -0.1) is 0 Å². The molecule has 0 bridgehead atoms. The van der Waals surface area contributed by atoms with Gasteiger partial charge in [0.25, 0.3) is 0 Å². The number of nitrogens with one attached hydrogen (secondary N) is 2. The molecule has 2 N–H and O–H groups in total. The molecule has 144 valence electrons. The van der Waals surface area contributed by atoms with Gasteiger partial charge in [0.2, 0.25) is 11.6 Å². The van der Waals surface area contributed by atoms with E-state index in [1.807, 2.05) is 0 Å². The van der Waals surface area contributed by atoms with Crippen molar-refractivity contribution in [3.8, 4) is 0 Å². The van der Waals surface area contributed by atoms with E-state index in [0.717, 1.165) is 13.0 Å². The fourth-order valence-corrected chi connectivity index (χ4v) is 4.35. The standard InChI is InChI=1S/C19H24N4O4/c1-26-19(25)18-21-13-7-8-14(23-17(13)27-18)22-16(24)15-12(9-10-20-15)11-5-3-2-4-6-11/h7-8,11-12,15,20H,2-6,9-10H2,1H3,(H,22,23,24)/t12-,15-/m0/s1. The van der Waals surface area contributed by atoms with Gasteiger partial charge < -0.3 is 19.8 Å². The Labute approximate surface area is 157 Å². The molecule has 0 radical (unpaired) electrons. The number of esters is 1. The van der Waals surface area contributed by atoms with Crippen LogP contribution in [0.3, 0.4) is 0 Å². The van der Waals surface area contributed by atoms with Gasteiger partial charge in [0.15, 0.2) is 0 Å². The number of amides is 1. The summed E-state index contributed by atoms with van der Waals surface area (Å²) in [6.45, 7) is 0.871. The number of rotatable bonds is 4. The van der Waals surface area contributed by atoms with Crippen LogP contribution in [0.5, 0.6) is 0 Å². The number of methoxy groups -OCH3 is 1. The summed E-state index contributed by atoms with van der Waals surface area (Å²) < 4.78 is 9.92. The Balaban J connectivity index is 1.47. The van der Waals surface area contributed by atoms with Crippen LogP contribution in [0.25, 0.3) is 11.2 Å². The first kappa shape index (κ1) is 17.9. The van der Waals surface area contributed by atoms with Crippen molar-refractivity contribution in [1.29, 1.82) is 0 Å². The van der Waals surface area contributed by atoms with Gasteiger partial charge in [0, 0.05) is 0 Å². The van der Waals surface area contributed by atoms with Crippen molar-refractivity contribution < 1.29 is 18.7 Å². The van der Waals surface area contributed by atoms with Crippen LogP contribution in [-0.2, 0) is 9.53 Å². The Morgan fingerprint density at radius 3 is 2.78 bits per heavy atom. The number of fused-ring (bicyclic) bond motifs is 1. The molecule has 0 aromatic carbocycles. The second-order valence-corrected chi connectivity index (χ2v) is 7.30. The minimum Gasteiger partial charge on any atom is -0.462 e. The first-order valence-corrected chi connectivity index (χ1v) is 9.56. The first-order valence-electron chi connectivity index (χ1n) is 9.56. The van der Waals surface area contributed by atoms with Gasteiger partial charge in [-0.25, -0.2) is 9.78 Å². The molecule has 1 saturated carbocycles. The number of carbonyl (C=O) groups is 2. The molecule has 3 heterocycles. The monoisotopic (exact) mass is 372 g/mol. The molecular formula is C19H24N4O4. The lowest BCUT2D eigenvalue weighted by atomic mass is 9.76. The molecule has 1 aliphatic heterocycles. The molecule has 2 aliphatic rings. The van der Waals surface area contributed by atoms with Crippen LogP contribution in [0, 0.1) is 11.8 Å². The minimum absolute atomic E-state index is 0.0670. The zero-order valence-corrected chi connectivity index (χ0v) is 15.4. The van der Waals surface area contributed by atoms with Crippen LogP contribution in [0.15, 0.2) is 16.5 Å². The third-order valence-corrected chi connectivity index (χ3v) is 5.67. The summed E-state index contributed by atoms with van der Waals surface area (Å²) in [6.07, 6.45) is 7.31. The van der Waals surface area contributed by atoms with E-state index in [-0.39, 0.29) is 23.6 Å². The number of pyridine rings is 1. The highest BCUT2D eigenvalue weighted by Gasteiger charge is 2.38. The summed E-state index contributed by atoms with van der Waals surface area (Å²) in [5, 5.41) is 6.23. The largest absolute Gasteiger partial charge is 0.462 e. The summed E-state index contributed by atoms with van der Waals surface area (Å²) >= 11 is 0. The maximum absolute atomic E-state index is 12.8. The van der Waals surface area contributed by atoms with Crippen LogP contribution in [0.4, 0.5) is 5.82 Å². The molecule has 2 aromatic rings. The lowest BCUT2D eigenvalue weighted by Crippen LogP contribution is -2.42. The number of ether oxygens (including phenoxy) is 1. The number of oxazole rings is 1. The Morgan fingerprint density at radius 2 is 2.00 bits per heavy atom. The summed E-state index contributed by atoms with van der Waals surface area (Å²) in [6, 6.07) is 3.13. The van der Waals surface area contributed by atoms with E-state index < -0.39 is 5.97 Å². The van der Waals surface area contributed by atoms with Crippen LogP contribution in [0.2, 0.25) is 0 Å². The quantitative estimate of drug-likeness (QED) is 0.794. The molecule has 0 spiro atoms. The van der Waals surface area contributed by atoms with Gasteiger partial charge in [-0.05, 0) is 36.9 Å². The van der Waals surface area contributed by atoms with Crippen LogP contribution < -0.4 is 10.6 Å². The molecule has 4 rings (SSSR count). The lowest BCUT2D eigenvalue weighted by molar-refractivity contribution is -0.119. The van der Waals surface area contributed by atoms with Crippen molar-refractivity contribution in [2.75, 3.05) is 19.0 Å². The van der Waals surface area contributed by atoms with Gasteiger partial charge in [-0.1, -0.05) is 32.1 Å². The highest BCUT2D eigenvalue weighted by atomic mass is 16.5. The summed E-state index contributed by atoms with van der Waals surface area (Å²) in [5.41, 5.74) is 0.629. The van der Waals surface area contributed by atoms with E-state index in [1.165, 1.54) is 39.2 Å². The predicted molar refractivity (Wildman–Crippen MR) is 98.2 cm³/mol. The van der Waals surface area contributed by atoms with Gasteiger partial charge in [0.05, 0.1) is 13.2 Å². The van der Waals surface area contributed by atoms with E-state index in [4.69, 9.17) is 4.42 Å². The van der Waals surface area contributed by atoms with Gasteiger partial charge >= 0.3 is 11.9 Å². The Morgan fingerprint density at radius 1 is 1.19 bits per heavy atom. The third-order valence-electron chi connectivity index (χ3n) is 5.67. The SMILES string of the molecule is COC(=O)c1nc2ccc(NC(=O)[C@H]3NCC[C@H]3C3CCCCC3)nc2o1. The van der Waals surface area contributed by atoms with Crippen LogP contribution in [0.1, 0.15) is 49.2 Å². The Kier molecular flexibility index (Phi) is 5.07. The Hall–Kier alpha value is -2.48. The highest BCUT2D eigenvalue weighted by Crippen LogP contribution is 2.36. The number of carbonyl (C=O) groups excluding carboxylic acids is 2. The van der Waals surface area contributed by atoms with Gasteiger partial charge in [0.1, 0.15) is 11.3 Å². The van der Waals surface area contributed by atoms with E-state index in [2.05, 4.69) is 25.3 Å². The average molecular weight is 372 g/mol. The zero-order valence-electron chi connectivity index (χ0n) is 15.4. The van der Waals surface area contributed by atoms with Crippen molar-refractivity contribution >= 4 is 28.9 Å². The topological polar surface area (TPSA) is 106 Å². The normalized spacial score (nSPS) is 23.4. The smallest absolute Gasteiger partial charge is 0.394 e. The minimum atomic E-state index is -0.663. The Bertz CT molecular complexity index is 843. The molecule has 2 atom stereocenters. The average Bonchev–Trinajstić information content (AvgIpc) is 3.34. The molecule has 2 fully saturated rings. The number of hydrogen-bond donors (Lipinski definition) is 2. The first-order chi connectivity index (χ1) is 13.2. The molecule has 1 saturated heterocycles. The lowest BCUT2D eigenvalue weighted by Gasteiger charge is -2.30. The second kappa shape index (κ2) is 7.64. The molecule has 8 heteroatoms. The van der Waals surface area contributed by atoms with Crippen LogP contribution >= 0.6 is 0 Å². The molecule has 2 aromatic heterocycles. The zero-order chi connectivity index (χ0) is 18.8. The van der Waals surface area contributed by atoms with E-state index >= 15 is 0 Å². The van der Waals surface area contributed by atoms with Gasteiger partial charge in [-0.2, -0.15) is 4.98 Å². The van der Waals surface area contributed by atoms with Crippen molar-refractivity contribution in [3.05, 3.63) is 18.0 Å². The number of anilines is 1. The van der Waals surface area contributed by atoms with Crippen molar-refractivity contribution in [1.82, 2.24) is 15.3 Å². The van der Waals surface area contributed by atoms with E-state index in [0.29, 0.717) is 23.2 Å². The summed E-state index contributed by atoms with van der Waals surface area (Å²) in [4.78, 5) is 32.6. The van der Waals surface area contributed by atoms with Crippen molar-refractivity contribution in [2.45, 2.75) is 44.6 Å². The molecule has 8 nitrogen and oxygen atoms in total. The highest BCUT2D eigenvalue weighted by molar-refractivity contribution is 5.95. The maximum Gasteiger partial charge on any atom is 0.394 e. The summed E-state index contributed by atoms with van der Waals surface area (Å²) in [5.74, 6) is 0.503. The number of aromatic nitrogens is 2.